The molecule has 1 aliphatic rings. The summed E-state index contributed by atoms with van der Waals surface area (Å²) in [5.74, 6) is -0.471. The third kappa shape index (κ3) is 9.41. The van der Waals surface area contributed by atoms with Crippen LogP contribution in [0, 0.1) is 0 Å². The zero-order valence-corrected chi connectivity index (χ0v) is 27.3. The number of hydroxylamine groups is 1. The van der Waals surface area contributed by atoms with Crippen LogP contribution in [0.2, 0.25) is 10.3 Å². The summed E-state index contributed by atoms with van der Waals surface area (Å²) in [6, 6.07) is 23.7. The first-order valence-electron chi connectivity index (χ1n) is 15.6. The summed E-state index contributed by atoms with van der Waals surface area (Å²) in [6.45, 7) is 0.802. The summed E-state index contributed by atoms with van der Waals surface area (Å²) in [6.07, 6.45) is 3.64. The Morgan fingerprint density at radius 2 is 1.60 bits per heavy atom. The monoisotopic (exact) mass is 680 g/mol. The number of imidazole rings is 1. The predicted octanol–water partition coefficient (Wildman–Crippen LogP) is 6.67. The summed E-state index contributed by atoms with van der Waals surface area (Å²) in [4.78, 5) is 27.7. The van der Waals surface area contributed by atoms with Crippen LogP contribution < -0.4 is 10.8 Å². The van der Waals surface area contributed by atoms with Crippen LogP contribution in [-0.2, 0) is 38.8 Å². The van der Waals surface area contributed by atoms with E-state index in [-0.39, 0.29) is 36.3 Å². The molecular formula is C35H38Cl2N4O6. The van der Waals surface area contributed by atoms with Gasteiger partial charge in [-0.3, -0.25) is 14.8 Å². The molecule has 2 heterocycles. The van der Waals surface area contributed by atoms with Crippen LogP contribution in [0.3, 0.4) is 0 Å². The lowest BCUT2D eigenvalue weighted by molar-refractivity contribution is -0.252. The smallest absolute Gasteiger partial charge is 0.243 e. The quantitative estimate of drug-likeness (QED) is 0.0664. The van der Waals surface area contributed by atoms with Gasteiger partial charge in [0.2, 0.25) is 11.8 Å². The number of halogens is 2. The zero-order valence-electron chi connectivity index (χ0n) is 25.8. The van der Waals surface area contributed by atoms with Gasteiger partial charge < -0.3 is 24.5 Å². The second-order valence-corrected chi connectivity index (χ2v) is 12.2. The summed E-state index contributed by atoms with van der Waals surface area (Å²) < 4.78 is 14.7. The minimum atomic E-state index is -0.643. The number of hydrogen-bond acceptors (Lipinski definition) is 7. The van der Waals surface area contributed by atoms with E-state index in [2.05, 4.69) is 10.3 Å². The standard InChI is InChI=1S/C35H38Cl2N4O6/c36-33-34(37)41(22-39-33)20-28-18-30(25-12-10-23(21-42)11-13-25)47-35(46-28)26-16-14-24(15-17-26)29-7-5-4-6-27(29)19-38-31(43)8-2-1-3-9-32(44)40-45/h4-7,10-17,22,28,30,35,42,45H,1-3,8-9,18-21H2,(H,38,43)(H,40,44). The highest BCUT2D eigenvalue weighted by molar-refractivity contribution is 6.40. The number of aliphatic hydroxyl groups excluding tert-OH is 1. The SMILES string of the molecule is O=C(CCCCCC(=O)NCc1ccccc1-c1ccc(C2OC(Cn3cnc(Cl)c3Cl)CC(c3ccc(CO)cc3)O2)cc1)NO. The summed E-state index contributed by atoms with van der Waals surface area (Å²) in [5.41, 5.74) is 7.26. The fraction of sp³-hybridized carbons (Fsp3) is 0.343. The number of ether oxygens (including phenoxy) is 2. The number of carbonyl (C=O) groups excluding carboxylic acids is 2. The molecule has 0 aliphatic carbocycles. The second kappa shape index (κ2) is 16.9. The lowest BCUT2D eigenvalue weighted by Crippen LogP contribution is -2.32. The van der Waals surface area contributed by atoms with Gasteiger partial charge in [0, 0.05) is 31.4 Å². The topological polar surface area (TPSA) is 135 Å². The molecule has 0 spiro atoms. The third-order valence-corrected chi connectivity index (χ3v) is 8.94. The molecule has 1 aromatic heterocycles. The summed E-state index contributed by atoms with van der Waals surface area (Å²) in [7, 11) is 0. The van der Waals surface area contributed by atoms with Gasteiger partial charge in [0.1, 0.15) is 5.15 Å². The van der Waals surface area contributed by atoms with E-state index in [0.29, 0.717) is 43.9 Å². The first kappa shape index (κ1) is 34.6. The molecule has 47 heavy (non-hydrogen) atoms. The molecule has 3 atom stereocenters. The Labute approximate surface area is 283 Å². The number of benzene rings is 3. The van der Waals surface area contributed by atoms with Gasteiger partial charge in [-0.25, -0.2) is 10.5 Å². The Kier molecular flexibility index (Phi) is 12.4. The van der Waals surface area contributed by atoms with Crippen LogP contribution >= 0.6 is 23.2 Å². The molecule has 0 saturated carbocycles. The molecule has 2 amide bonds. The van der Waals surface area contributed by atoms with Crippen molar-refractivity contribution in [3.05, 3.63) is 112 Å². The molecule has 1 fully saturated rings. The van der Waals surface area contributed by atoms with Crippen LogP contribution in [0.5, 0.6) is 0 Å². The van der Waals surface area contributed by atoms with E-state index < -0.39 is 12.2 Å². The molecule has 1 saturated heterocycles. The van der Waals surface area contributed by atoms with Gasteiger partial charge in [0.05, 0.1) is 31.7 Å². The van der Waals surface area contributed by atoms with Crippen LogP contribution in [0.1, 0.15) is 73.2 Å². The highest BCUT2D eigenvalue weighted by Crippen LogP contribution is 2.39. The molecule has 0 bridgehead atoms. The minimum absolute atomic E-state index is 0.0308. The van der Waals surface area contributed by atoms with Crippen molar-refractivity contribution in [3.8, 4) is 11.1 Å². The predicted molar refractivity (Wildman–Crippen MR) is 177 cm³/mol. The van der Waals surface area contributed by atoms with E-state index in [1.807, 2.05) is 72.8 Å². The van der Waals surface area contributed by atoms with Crippen LogP contribution in [0.25, 0.3) is 11.1 Å². The molecule has 4 N–H and O–H groups in total. The minimum Gasteiger partial charge on any atom is -0.392 e. The van der Waals surface area contributed by atoms with Gasteiger partial charge in [-0.15, -0.1) is 0 Å². The highest BCUT2D eigenvalue weighted by atomic mass is 35.5. The lowest BCUT2D eigenvalue weighted by Gasteiger charge is -2.36. The van der Waals surface area contributed by atoms with Crippen LogP contribution in [-0.4, -0.2) is 37.8 Å². The third-order valence-electron chi connectivity index (χ3n) is 8.17. The number of nitrogens with one attached hydrogen (secondary N) is 2. The van der Waals surface area contributed by atoms with Gasteiger partial charge in [-0.1, -0.05) is 102 Å². The number of aliphatic hydroxyl groups is 1. The zero-order chi connectivity index (χ0) is 33.2. The largest absolute Gasteiger partial charge is 0.392 e. The van der Waals surface area contributed by atoms with Gasteiger partial charge in [-0.2, -0.15) is 0 Å². The van der Waals surface area contributed by atoms with Gasteiger partial charge in [0.15, 0.2) is 11.4 Å². The first-order chi connectivity index (χ1) is 22.8. The van der Waals surface area contributed by atoms with E-state index in [4.69, 9.17) is 37.9 Å². The molecule has 1 aliphatic heterocycles. The Morgan fingerprint density at radius 1 is 0.894 bits per heavy atom. The average molecular weight is 682 g/mol. The fourth-order valence-corrected chi connectivity index (χ4v) is 5.90. The van der Waals surface area contributed by atoms with Crippen molar-refractivity contribution in [3.63, 3.8) is 0 Å². The van der Waals surface area contributed by atoms with Gasteiger partial charge >= 0.3 is 0 Å². The Hall–Kier alpha value is -3.77. The number of rotatable bonds is 14. The molecule has 248 valence electrons. The van der Waals surface area contributed by atoms with E-state index in [1.54, 1.807) is 16.4 Å². The van der Waals surface area contributed by atoms with Crippen molar-refractivity contribution < 1.29 is 29.4 Å². The van der Waals surface area contributed by atoms with E-state index in [0.717, 1.165) is 39.8 Å². The Morgan fingerprint density at radius 3 is 2.28 bits per heavy atom. The maximum atomic E-state index is 12.5. The highest BCUT2D eigenvalue weighted by Gasteiger charge is 2.33. The number of nitrogens with zero attached hydrogens (tertiary/aromatic N) is 2. The van der Waals surface area contributed by atoms with Gasteiger partial charge in [-0.05, 0) is 40.7 Å². The van der Waals surface area contributed by atoms with Crippen molar-refractivity contribution in [1.82, 2.24) is 20.3 Å². The molecule has 0 radical (unpaired) electrons. The first-order valence-corrected chi connectivity index (χ1v) is 16.3. The van der Waals surface area contributed by atoms with E-state index in [9.17, 15) is 14.7 Å². The van der Waals surface area contributed by atoms with Crippen molar-refractivity contribution >= 4 is 35.0 Å². The van der Waals surface area contributed by atoms with Crippen molar-refractivity contribution in [2.45, 2.75) is 76.7 Å². The fourth-order valence-electron chi connectivity index (χ4n) is 5.58. The number of aromatic nitrogens is 2. The number of unbranched alkanes of at least 4 members (excludes halogenated alkanes) is 2. The Bertz CT molecular complexity index is 1630. The maximum Gasteiger partial charge on any atom is 0.243 e. The molecule has 3 unspecified atom stereocenters. The number of hydrogen-bond donors (Lipinski definition) is 4. The van der Waals surface area contributed by atoms with Crippen molar-refractivity contribution in [2.24, 2.45) is 0 Å². The van der Waals surface area contributed by atoms with E-state index >= 15 is 0 Å². The molecule has 12 heteroatoms. The molecule has 3 aromatic carbocycles. The van der Waals surface area contributed by atoms with Crippen molar-refractivity contribution in [1.29, 1.82) is 0 Å². The van der Waals surface area contributed by atoms with E-state index in [1.165, 1.54) is 0 Å². The second-order valence-electron chi connectivity index (χ2n) is 11.5. The molecule has 5 rings (SSSR count). The van der Waals surface area contributed by atoms with Crippen LogP contribution in [0.4, 0.5) is 0 Å². The summed E-state index contributed by atoms with van der Waals surface area (Å²) in [5, 5.41) is 21.7. The summed E-state index contributed by atoms with van der Waals surface area (Å²) >= 11 is 12.5. The van der Waals surface area contributed by atoms with Crippen molar-refractivity contribution in [2.75, 3.05) is 0 Å². The molecule has 4 aromatic rings. The normalized spacial score (nSPS) is 17.7. The lowest BCUT2D eigenvalue weighted by atomic mass is 9.97. The Balaban J connectivity index is 1.25. The molecule has 10 nitrogen and oxygen atoms in total. The molecular weight excluding hydrogens is 643 g/mol. The van der Waals surface area contributed by atoms with Gasteiger partial charge in [0.25, 0.3) is 0 Å². The average Bonchev–Trinajstić information content (AvgIpc) is 3.42. The number of carbonyl (C=O) groups is 2. The maximum absolute atomic E-state index is 12.5. The van der Waals surface area contributed by atoms with Crippen LogP contribution in [0.15, 0.2) is 79.1 Å². The number of amides is 2.